The molecule has 0 aliphatic carbocycles. The van der Waals surface area contributed by atoms with Crippen molar-refractivity contribution in [2.45, 2.75) is 18.7 Å². The Morgan fingerprint density at radius 2 is 1.52 bits per heavy atom. The SMILES string of the molecule is Cc1ccc(S(=O)(=O)Oc2ccc(NS(C)(=O)=O)c(C)c2)cc1. The second kappa shape index (κ2) is 6.21. The smallest absolute Gasteiger partial charge is 0.339 e. The maximum absolute atomic E-state index is 12.2. The molecular formula is C15H17NO5S2. The standard InChI is InChI=1S/C15H17NO5S2/c1-11-4-7-14(8-5-11)23(19,20)21-13-6-9-15(12(2)10-13)16-22(3,17)18/h4-10,16H,1-3H3. The van der Waals surface area contributed by atoms with E-state index in [0.29, 0.717) is 11.3 Å². The van der Waals surface area contributed by atoms with Crippen LogP contribution in [0.1, 0.15) is 11.1 Å². The van der Waals surface area contributed by atoms with Crippen molar-refractivity contribution in [3.8, 4) is 5.75 Å². The highest BCUT2D eigenvalue weighted by Gasteiger charge is 2.17. The van der Waals surface area contributed by atoms with Gasteiger partial charge in [0.1, 0.15) is 10.6 Å². The largest absolute Gasteiger partial charge is 0.379 e. The summed E-state index contributed by atoms with van der Waals surface area (Å²) in [5.41, 5.74) is 1.86. The topological polar surface area (TPSA) is 89.5 Å². The Kier molecular flexibility index (Phi) is 4.67. The maximum Gasteiger partial charge on any atom is 0.339 e. The van der Waals surface area contributed by atoms with E-state index in [0.717, 1.165) is 11.8 Å². The van der Waals surface area contributed by atoms with Crippen LogP contribution in [0.15, 0.2) is 47.4 Å². The molecule has 0 amide bonds. The van der Waals surface area contributed by atoms with E-state index in [-0.39, 0.29) is 10.6 Å². The summed E-state index contributed by atoms with van der Waals surface area (Å²) in [6, 6.07) is 10.6. The van der Waals surface area contributed by atoms with Crippen LogP contribution >= 0.6 is 0 Å². The van der Waals surface area contributed by atoms with E-state index in [1.54, 1.807) is 19.1 Å². The van der Waals surface area contributed by atoms with Crippen LogP contribution in [0.3, 0.4) is 0 Å². The fourth-order valence-electron chi connectivity index (χ4n) is 1.88. The van der Waals surface area contributed by atoms with Gasteiger partial charge in [0.05, 0.1) is 11.9 Å². The summed E-state index contributed by atoms with van der Waals surface area (Å²) >= 11 is 0. The Bertz CT molecular complexity index is 917. The highest BCUT2D eigenvalue weighted by molar-refractivity contribution is 7.92. The Hall–Kier alpha value is -2.06. The van der Waals surface area contributed by atoms with Gasteiger partial charge in [0, 0.05) is 0 Å². The highest BCUT2D eigenvalue weighted by atomic mass is 32.2. The number of benzene rings is 2. The Labute approximate surface area is 136 Å². The van der Waals surface area contributed by atoms with Crippen LogP contribution < -0.4 is 8.91 Å². The summed E-state index contributed by atoms with van der Waals surface area (Å²) in [5, 5.41) is 0. The molecule has 0 spiro atoms. The van der Waals surface area contributed by atoms with Crippen LogP contribution in [0.5, 0.6) is 5.75 Å². The number of hydrogen-bond donors (Lipinski definition) is 1. The van der Waals surface area contributed by atoms with E-state index in [4.69, 9.17) is 4.18 Å². The molecule has 23 heavy (non-hydrogen) atoms. The van der Waals surface area contributed by atoms with Crippen LogP contribution in [-0.4, -0.2) is 23.1 Å². The van der Waals surface area contributed by atoms with Crippen molar-refractivity contribution < 1.29 is 21.0 Å². The van der Waals surface area contributed by atoms with Gasteiger partial charge in [-0.1, -0.05) is 17.7 Å². The molecule has 0 aliphatic rings. The van der Waals surface area contributed by atoms with Gasteiger partial charge in [0.2, 0.25) is 10.0 Å². The van der Waals surface area contributed by atoms with E-state index in [1.165, 1.54) is 30.3 Å². The van der Waals surface area contributed by atoms with Crippen molar-refractivity contribution in [1.82, 2.24) is 0 Å². The highest BCUT2D eigenvalue weighted by Crippen LogP contribution is 2.25. The fourth-order valence-corrected chi connectivity index (χ4v) is 3.43. The molecule has 124 valence electrons. The molecule has 0 bridgehead atoms. The minimum atomic E-state index is -3.93. The molecule has 2 aromatic rings. The quantitative estimate of drug-likeness (QED) is 0.832. The van der Waals surface area contributed by atoms with Crippen LogP contribution in [0, 0.1) is 13.8 Å². The lowest BCUT2D eigenvalue weighted by molar-refractivity contribution is 0.486. The molecule has 0 atom stereocenters. The lowest BCUT2D eigenvalue weighted by Gasteiger charge is -2.11. The van der Waals surface area contributed by atoms with Gasteiger partial charge in [-0.25, -0.2) is 8.42 Å². The van der Waals surface area contributed by atoms with Gasteiger partial charge in [-0.05, 0) is 49.7 Å². The van der Waals surface area contributed by atoms with Gasteiger partial charge >= 0.3 is 10.1 Å². The van der Waals surface area contributed by atoms with Gasteiger partial charge in [0.25, 0.3) is 0 Å². The first-order valence-electron chi connectivity index (χ1n) is 6.66. The number of anilines is 1. The van der Waals surface area contributed by atoms with E-state index in [1.807, 2.05) is 6.92 Å². The van der Waals surface area contributed by atoms with Crippen LogP contribution in [-0.2, 0) is 20.1 Å². The molecule has 8 heteroatoms. The molecule has 0 saturated carbocycles. The first kappa shape index (κ1) is 17.3. The zero-order valence-electron chi connectivity index (χ0n) is 12.9. The average molecular weight is 355 g/mol. The zero-order valence-corrected chi connectivity index (χ0v) is 14.5. The van der Waals surface area contributed by atoms with E-state index < -0.39 is 20.1 Å². The predicted octanol–water partition coefficient (Wildman–Crippen LogP) is 2.44. The second-order valence-corrected chi connectivity index (χ2v) is 8.50. The van der Waals surface area contributed by atoms with Crippen LogP contribution in [0.2, 0.25) is 0 Å². The first-order chi connectivity index (χ1) is 10.6. The number of aryl methyl sites for hydroxylation is 2. The van der Waals surface area contributed by atoms with Crippen molar-refractivity contribution in [3.05, 3.63) is 53.6 Å². The molecule has 2 rings (SSSR count). The number of sulfonamides is 1. The minimum absolute atomic E-state index is 0.0547. The fraction of sp³-hybridized carbons (Fsp3) is 0.200. The second-order valence-electron chi connectivity index (χ2n) is 5.20. The molecular weight excluding hydrogens is 338 g/mol. The van der Waals surface area contributed by atoms with E-state index in [9.17, 15) is 16.8 Å². The van der Waals surface area contributed by atoms with Gasteiger partial charge in [-0.15, -0.1) is 0 Å². The molecule has 0 saturated heterocycles. The molecule has 0 unspecified atom stereocenters. The number of nitrogens with one attached hydrogen (secondary N) is 1. The van der Waals surface area contributed by atoms with Gasteiger partial charge in [0.15, 0.2) is 0 Å². The van der Waals surface area contributed by atoms with Crippen molar-refractivity contribution in [2.24, 2.45) is 0 Å². The molecule has 0 aliphatic heterocycles. The molecule has 0 heterocycles. The molecule has 2 aromatic carbocycles. The maximum atomic E-state index is 12.2. The van der Waals surface area contributed by atoms with Gasteiger partial charge in [-0.2, -0.15) is 8.42 Å². The summed E-state index contributed by atoms with van der Waals surface area (Å²) in [6.45, 7) is 3.51. The summed E-state index contributed by atoms with van der Waals surface area (Å²) in [5.74, 6) is 0.113. The van der Waals surface area contributed by atoms with Crippen molar-refractivity contribution in [3.63, 3.8) is 0 Å². The summed E-state index contributed by atoms with van der Waals surface area (Å²) in [6.07, 6.45) is 1.04. The average Bonchev–Trinajstić information content (AvgIpc) is 2.41. The molecule has 1 N–H and O–H groups in total. The Morgan fingerprint density at radius 3 is 2.04 bits per heavy atom. The van der Waals surface area contributed by atoms with E-state index >= 15 is 0 Å². The van der Waals surface area contributed by atoms with Gasteiger partial charge in [-0.3, -0.25) is 4.72 Å². The Balaban J connectivity index is 2.26. The van der Waals surface area contributed by atoms with Crippen LogP contribution in [0.25, 0.3) is 0 Å². The van der Waals surface area contributed by atoms with Crippen LogP contribution in [0.4, 0.5) is 5.69 Å². The number of hydrogen-bond acceptors (Lipinski definition) is 5. The third-order valence-corrected chi connectivity index (χ3v) is 4.86. The molecule has 0 aromatic heterocycles. The lowest BCUT2D eigenvalue weighted by Crippen LogP contribution is -2.12. The Morgan fingerprint density at radius 1 is 0.913 bits per heavy atom. The minimum Gasteiger partial charge on any atom is -0.379 e. The summed E-state index contributed by atoms with van der Waals surface area (Å²) in [4.78, 5) is 0.0547. The monoisotopic (exact) mass is 355 g/mol. The summed E-state index contributed by atoms with van der Waals surface area (Å²) in [7, 11) is -7.34. The number of rotatable bonds is 5. The first-order valence-corrected chi connectivity index (χ1v) is 9.96. The molecule has 0 fully saturated rings. The summed E-state index contributed by atoms with van der Waals surface area (Å²) < 4.78 is 54.3. The zero-order chi connectivity index (χ0) is 17.3. The van der Waals surface area contributed by atoms with Gasteiger partial charge < -0.3 is 4.18 Å². The molecule has 0 radical (unpaired) electrons. The normalized spacial score (nSPS) is 12.0. The third kappa shape index (κ3) is 4.70. The predicted molar refractivity (Wildman–Crippen MR) is 88.6 cm³/mol. The molecule has 6 nitrogen and oxygen atoms in total. The third-order valence-electron chi connectivity index (χ3n) is 3.01. The van der Waals surface area contributed by atoms with E-state index in [2.05, 4.69) is 4.72 Å². The van der Waals surface area contributed by atoms with Crippen molar-refractivity contribution in [1.29, 1.82) is 0 Å². The lowest BCUT2D eigenvalue weighted by atomic mass is 10.2. The van der Waals surface area contributed by atoms with Crippen molar-refractivity contribution >= 4 is 25.8 Å². The van der Waals surface area contributed by atoms with Crippen molar-refractivity contribution in [2.75, 3.05) is 11.0 Å².